The average molecular weight is 205 g/mol. The number of benzene rings is 1. The molecular formula is C11H8FNO2. The van der Waals surface area contributed by atoms with E-state index < -0.39 is 17.6 Å². The normalized spacial score (nSPS) is 15.8. The number of carbonyl (C=O) groups is 2. The predicted molar refractivity (Wildman–Crippen MR) is 51.4 cm³/mol. The molecule has 1 N–H and O–H groups in total. The molecular weight excluding hydrogens is 197 g/mol. The molecule has 0 bridgehead atoms. The summed E-state index contributed by atoms with van der Waals surface area (Å²) in [6.45, 7) is 0. The Bertz CT molecular complexity index is 451. The highest BCUT2D eigenvalue weighted by Crippen LogP contribution is 2.18. The van der Waals surface area contributed by atoms with Crippen LogP contribution in [-0.2, 0) is 16.0 Å². The van der Waals surface area contributed by atoms with Crippen LogP contribution in [0.25, 0.3) is 0 Å². The molecule has 4 heteroatoms. The molecule has 3 nitrogen and oxygen atoms in total. The third-order valence-electron chi connectivity index (χ3n) is 2.19. The molecule has 0 aliphatic carbocycles. The first-order valence-corrected chi connectivity index (χ1v) is 4.47. The minimum Gasteiger partial charge on any atom is -0.286 e. The van der Waals surface area contributed by atoms with E-state index in [2.05, 4.69) is 0 Å². The molecule has 0 fully saturated rings. The van der Waals surface area contributed by atoms with Crippen LogP contribution in [0, 0.1) is 0 Å². The predicted octanol–water partition coefficient (Wildman–Crippen LogP) is 1.11. The standard InChI is InChI=1S/C11H8FNO2/c12-9-8(10(14)13-11(9)15)6-7-4-2-1-3-5-7/h1-5H,6H2,(H,13,14,15). The van der Waals surface area contributed by atoms with Gasteiger partial charge in [0.15, 0.2) is 5.83 Å². The van der Waals surface area contributed by atoms with Crippen molar-refractivity contribution in [3.8, 4) is 0 Å². The molecule has 0 spiro atoms. The van der Waals surface area contributed by atoms with Gasteiger partial charge in [0, 0.05) is 6.42 Å². The molecule has 1 aliphatic rings. The van der Waals surface area contributed by atoms with Crippen LogP contribution in [0.2, 0.25) is 0 Å². The number of hydrogen-bond acceptors (Lipinski definition) is 2. The van der Waals surface area contributed by atoms with Gasteiger partial charge in [-0.05, 0) is 5.56 Å². The monoisotopic (exact) mass is 205 g/mol. The minimum absolute atomic E-state index is 0.0915. The fourth-order valence-corrected chi connectivity index (χ4v) is 1.43. The molecule has 2 amide bonds. The van der Waals surface area contributed by atoms with E-state index in [1.165, 1.54) is 0 Å². The van der Waals surface area contributed by atoms with Gasteiger partial charge in [0.1, 0.15) is 0 Å². The summed E-state index contributed by atoms with van der Waals surface area (Å²) in [5.74, 6) is -2.55. The van der Waals surface area contributed by atoms with Gasteiger partial charge in [-0.3, -0.25) is 14.9 Å². The Morgan fingerprint density at radius 2 is 1.73 bits per heavy atom. The molecule has 15 heavy (non-hydrogen) atoms. The summed E-state index contributed by atoms with van der Waals surface area (Å²) in [7, 11) is 0. The zero-order chi connectivity index (χ0) is 10.8. The molecule has 1 aromatic carbocycles. The summed E-state index contributed by atoms with van der Waals surface area (Å²) >= 11 is 0. The SMILES string of the molecule is O=C1NC(=O)C(Cc2ccccc2)=C1F. The molecule has 1 aromatic rings. The number of nitrogens with one attached hydrogen (secondary N) is 1. The Kier molecular flexibility index (Phi) is 2.33. The molecule has 0 unspecified atom stereocenters. The lowest BCUT2D eigenvalue weighted by molar-refractivity contribution is -0.124. The third-order valence-corrected chi connectivity index (χ3v) is 2.19. The summed E-state index contributed by atoms with van der Waals surface area (Å²) in [4.78, 5) is 22.0. The van der Waals surface area contributed by atoms with E-state index in [1.54, 1.807) is 24.3 Å². The minimum atomic E-state index is -0.969. The molecule has 0 radical (unpaired) electrons. The van der Waals surface area contributed by atoms with Crippen LogP contribution in [-0.4, -0.2) is 11.8 Å². The summed E-state index contributed by atoms with van der Waals surface area (Å²) in [5.41, 5.74) is 0.707. The largest absolute Gasteiger partial charge is 0.287 e. The second kappa shape index (κ2) is 3.65. The van der Waals surface area contributed by atoms with Crippen molar-refractivity contribution in [1.29, 1.82) is 0 Å². The van der Waals surface area contributed by atoms with Crippen LogP contribution in [0.15, 0.2) is 41.7 Å². The summed E-state index contributed by atoms with van der Waals surface area (Å²) < 4.78 is 13.2. The fourth-order valence-electron chi connectivity index (χ4n) is 1.43. The maximum absolute atomic E-state index is 13.2. The van der Waals surface area contributed by atoms with Crippen LogP contribution in [0.3, 0.4) is 0 Å². The summed E-state index contributed by atoms with van der Waals surface area (Å²) in [6.07, 6.45) is 0.143. The lowest BCUT2D eigenvalue weighted by atomic mass is 10.1. The zero-order valence-electron chi connectivity index (χ0n) is 7.79. The van der Waals surface area contributed by atoms with Gasteiger partial charge in [-0.2, -0.15) is 0 Å². The Morgan fingerprint density at radius 3 is 2.27 bits per heavy atom. The lowest BCUT2D eigenvalue weighted by Crippen LogP contribution is -2.23. The average Bonchev–Trinajstić information content (AvgIpc) is 2.47. The second-order valence-corrected chi connectivity index (χ2v) is 3.24. The first-order valence-electron chi connectivity index (χ1n) is 4.47. The highest BCUT2D eigenvalue weighted by molar-refractivity contribution is 6.18. The van der Waals surface area contributed by atoms with E-state index in [0.717, 1.165) is 5.56 Å². The van der Waals surface area contributed by atoms with Crippen molar-refractivity contribution in [2.75, 3.05) is 0 Å². The molecule has 1 aliphatic heterocycles. The highest BCUT2D eigenvalue weighted by atomic mass is 19.1. The lowest BCUT2D eigenvalue weighted by Gasteiger charge is -1.99. The molecule has 0 saturated heterocycles. The first-order chi connectivity index (χ1) is 7.18. The van der Waals surface area contributed by atoms with Crippen LogP contribution < -0.4 is 5.32 Å². The zero-order valence-corrected chi connectivity index (χ0v) is 7.79. The quantitative estimate of drug-likeness (QED) is 0.735. The number of carbonyl (C=O) groups excluding carboxylic acids is 2. The van der Waals surface area contributed by atoms with Crippen molar-refractivity contribution >= 4 is 11.8 Å². The number of amides is 2. The van der Waals surface area contributed by atoms with E-state index in [1.807, 2.05) is 11.4 Å². The second-order valence-electron chi connectivity index (χ2n) is 3.24. The van der Waals surface area contributed by atoms with Gasteiger partial charge in [-0.15, -0.1) is 0 Å². The van der Waals surface area contributed by atoms with E-state index in [-0.39, 0.29) is 12.0 Å². The Labute approximate surface area is 85.6 Å². The highest BCUT2D eigenvalue weighted by Gasteiger charge is 2.30. The van der Waals surface area contributed by atoms with Crippen LogP contribution in [0.5, 0.6) is 0 Å². The van der Waals surface area contributed by atoms with Crippen LogP contribution >= 0.6 is 0 Å². The Hall–Kier alpha value is -1.97. The van der Waals surface area contributed by atoms with Gasteiger partial charge < -0.3 is 0 Å². The van der Waals surface area contributed by atoms with Crippen LogP contribution in [0.4, 0.5) is 4.39 Å². The maximum atomic E-state index is 13.2. The van der Waals surface area contributed by atoms with E-state index in [0.29, 0.717) is 0 Å². The van der Waals surface area contributed by atoms with Gasteiger partial charge in [-0.25, -0.2) is 4.39 Å². The van der Waals surface area contributed by atoms with E-state index in [4.69, 9.17) is 0 Å². The van der Waals surface area contributed by atoms with Gasteiger partial charge >= 0.3 is 0 Å². The number of halogens is 1. The van der Waals surface area contributed by atoms with Crippen molar-refractivity contribution in [2.45, 2.75) is 6.42 Å². The van der Waals surface area contributed by atoms with E-state index >= 15 is 0 Å². The number of rotatable bonds is 2. The van der Waals surface area contributed by atoms with Gasteiger partial charge in [0.2, 0.25) is 0 Å². The molecule has 0 atom stereocenters. The summed E-state index contributed by atoms with van der Waals surface area (Å²) in [5, 5.41) is 1.91. The van der Waals surface area contributed by atoms with Crippen molar-refractivity contribution in [3.05, 3.63) is 47.3 Å². The van der Waals surface area contributed by atoms with Crippen molar-refractivity contribution in [1.82, 2.24) is 5.32 Å². The van der Waals surface area contributed by atoms with Crippen molar-refractivity contribution in [2.24, 2.45) is 0 Å². The van der Waals surface area contributed by atoms with Gasteiger partial charge in [0.25, 0.3) is 11.8 Å². The molecule has 1 heterocycles. The molecule has 0 aromatic heterocycles. The third kappa shape index (κ3) is 1.79. The topological polar surface area (TPSA) is 46.2 Å². The maximum Gasteiger partial charge on any atom is 0.287 e. The number of imide groups is 1. The van der Waals surface area contributed by atoms with Crippen LogP contribution in [0.1, 0.15) is 5.56 Å². The Balaban J connectivity index is 2.27. The fraction of sp³-hybridized carbons (Fsp3) is 0.0909. The first kappa shape index (κ1) is 9.58. The molecule has 2 rings (SSSR count). The van der Waals surface area contributed by atoms with E-state index in [9.17, 15) is 14.0 Å². The smallest absolute Gasteiger partial charge is 0.286 e. The van der Waals surface area contributed by atoms with Crippen molar-refractivity contribution < 1.29 is 14.0 Å². The molecule has 0 saturated carbocycles. The Morgan fingerprint density at radius 1 is 1.07 bits per heavy atom. The van der Waals surface area contributed by atoms with Gasteiger partial charge in [-0.1, -0.05) is 30.3 Å². The van der Waals surface area contributed by atoms with Crippen molar-refractivity contribution in [3.63, 3.8) is 0 Å². The molecule has 76 valence electrons. The van der Waals surface area contributed by atoms with Gasteiger partial charge in [0.05, 0.1) is 5.57 Å². The summed E-state index contributed by atoms with van der Waals surface area (Å²) in [6, 6.07) is 8.96. The number of hydrogen-bond donors (Lipinski definition) is 1.